The average molecular weight is 174 g/mol. The van der Waals surface area contributed by atoms with Crippen LogP contribution in [0.5, 0.6) is 0 Å². The highest BCUT2D eigenvalue weighted by atomic mass is 16.3. The number of aliphatic hydroxyl groups is 2. The van der Waals surface area contributed by atoms with E-state index in [1.807, 2.05) is 6.92 Å². The maximum Gasteiger partial charge on any atom is 0.0799 e. The summed E-state index contributed by atoms with van der Waals surface area (Å²) in [5.74, 6) is 0. The zero-order valence-corrected chi connectivity index (χ0v) is 8.67. The van der Waals surface area contributed by atoms with Crippen LogP contribution in [0.25, 0.3) is 0 Å². The molecule has 2 N–H and O–H groups in total. The first-order valence-electron chi connectivity index (χ1n) is 4.73. The third-order valence-electron chi connectivity index (χ3n) is 2.05. The lowest BCUT2D eigenvalue weighted by Crippen LogP contribution is -2.26. The Morgan fingerprint density at radius 1 is 1.08 bits per heavy atom. The van der Waals surface area contributed by atoms with Gasteiger partial charge in [-0.3, -0.25) is 0 Å². The Hall–Kier alpha value is -0.0800. The van der Waals surface area contributed by atoms with Crippen molar-refractivity contribution in [1.29, 1.82) is 0 Å². The summed E-state index contributed by atoms with van der Waals surface area (Å²) >= 11 is 0. The summed E-state index contributed by atoms with van der Waals surface area (Å²) in [6.45, 7) is 8.29. The summed E-state index contributed by atoms with van der Waals surface area (Å²) in [6, 6.07) is 0. The lowest BCUT2D eigenvalue weighted by molar-refractivity contribution is 0.00689. The van der Waals surface area contributed by atoms with E-state index in [-0.39, 0.29) is 5.41 Å². The van der Waals surface area contributed by atoms with Crippen molar-refractivity contribution in [2.24, 2.45) is 5.41 Å². The molecule has 0 amide bonds. The number of hydrogen-bond donors (Lipinski definition) is 2. The summed E-state index contributed by atoms with van der Waals surface area (Å²) in [7, 11) is 0. The molecule has 0 aromatic rings. The fraction of sp³-hybridized carbons (Fsp3) is 1.00. The van der Waals surface area contributed by atoms with Gasteiger partial charge in [0.25, 0.3) is 0 Å². The van der Waals surface area contributed by atoms with Crippen molar-refractivity contribution in [3.8, 4) is 0 Å². The van der Waals surface area contributed by atoms with E-state index in [0.717, 1.165) is 6.42 Å². The standard InChI is InChI=1S/C10H22O2/c1-5-8(11)9(12)6-7-10(2,3)4/h8-9,11-12H,5-7H2,1-4H3. The van der Waals surface area contributed by atoms with Gasteiger partial charge in [0.1, 0.15) is 0 Å². The Morgan fingerprint density at radius 2 is 1.58 bits per heavy atom. The molecule has 2 atom stereocenters. The van der Waals surface area contributed by atoms with Crippen LogP contribution in [0.2, 0.25) is 0 Å². The zero-order valence-electron chi connectivity index (χ0n) is 8.67. The Kier molecular flexibility index (Phi) is 4.80. The first kappa shape index (κ1) is 11.9. The van der Waals surface area contributed by atoms with Crippen molar-refractivity contribution < 1.29 is 10.2 Å². The molecular weight excluding hydrogens is 152 g/mol. The van der Waals surface area contributed by atoms with E-state index in [4.69, 9.17) is 0 Å². The Labute approximate surface area is 75.6 Å². The van der Waals surface area contributed by atoms with E-state index in [0.29, 0.717) is 12.8 Å². The topological polar surface area (TPSA) is 40.5 Å². The molecule has 0 aliphatic rings. The molecule has 0 spiro atoms. The van der Waals surface area contributed by atoms with Crippen molar-refractivity contribution in [2.45, 2.75) is 59.2 Å². The molecular formula is C10H22O2. The van der Waals surface area contributed by atoms with E-state index in [1.165, 1.54) is 0 Å². The molecule has 0 bridgehead atoms. The summed E-state index contributed by atoms with van der Waals surface area (Å²) in [5, 5.41) is 18.7. The second-order valence-electron chi connectivity index (χ2n) is 4.64. The molecule has 0 aromatic heterocycles. The second kappa shape index (κ2) is 4.83. The lowest BCUT2D eigenvalue weighted by atomic mass is 9.88. The fourth-order valence-electron chi connectivity index (χ4n) is 1.05. The van der Waals surface area contributed by atoms with Crippen molar-refractivity contribution in [3.05, 3.63) is 0 Å². The third-order valence-corrected chi connectivity index (χ3v) is 2.05. The van der Waals surface area contributed by atoms with E-state index >= 15 is 0 Å². The van der Waals surface area contributed by atoms with Crippen LogP contribution in [-0.2, 0) is 0 Å². The highest BCUT2D eigenvalue weighted by Crippen LogP contribution is 2.22. The Balaban J connectivity index is 3.64. The van der Waals surface area contributed by atoms with Gasteiger partial charge in [-0.2, -0.15) is 0 Å². The van der Waals surface area contributed by atoms with Crippen LogP contribution in [0, 0.1) is 5.41 Å². The second-order valence-corrected chi connectivity index (χ2v) is 4.64. The fourth-order valence-corrected chi connectivity index (χ4v) is 1.05. The largest absolute Gasteiger partial charge is 0.390 e. The van der Waals surface area contributed by atoms with E-state index in [2.05, 4.69) is 20.8 Å². The minimum atomic E-state index is -0.549. The molecule has 0 radical (unpaired) electrons. The van der Waals surface area contributed by atoms with Gasteiger partial charge in [0.05, 0.1) is 12.2 Å². The smallest absolute Gasteiger partial charge is 0.0799 e. The molecule has 0 rings (SSSR count). The van der Waals surface area contributed by atoms with Gasteiger partial charge >= 0.3 is 0 Å². The van der Waals surface area contributed by atoms with Crippen LogP contribution >= 0.6 is 0 Å². The number of hydrogen-bond acceptors (Lipinski definition) is 2. The van der Waals surface area contributed by atoms with Gasteiger partial charge in [0.2, 0.25) is 0 Å². The van der Waals surface area contributed by atoms with Crippen LogP contribution in [0.3, 0.4) is 0 Å². The molecule has 2 nitrogen and oxygen atoms in total. The number of aliphatic hydroxyl groups excluding tert-OH is 2. The number of rotatable bonds is 4. The van der Waals surface area contributed by atoms with E-state index in [1.54, 1.807) is 0 Å². The molecule has 0 saturated heterocycles. The summed E-state index contributed by atoms with van der Waals surface area (Å²) in [4.78, 5) is 0. The average Bonchev–Trinajstić information content (AvgIpc) is 1.97. The normalized spacial score (nSPS) is 17.5. The van der Waals surface area contributed by atoms with Crippen LogP contribution in [-0.4, -0.2) is 22.4 Å². The summed E-state index contributed by atoms with van der Waals surface area (Å²) < 4.78 is 0. The quantitative estimate of drug-likeness (QED) is 0.684. The predicted octanol–water partition coefficient (Wildman–Crippen LogP) is 1.94. The maximum atomic E-state index is 9.43. The van der Waals surface area contributed by atoms with E-state index in [9.17, 15) is 10.2 Å². The van der Waals surface area contributed by atoms with Crippen LogP contribution < -0.4 is 0 Å². The van der Waals surface area contributed by atoms with Crippen molar-refractivity contribution in [3.63, 3.8) is 0 Å². The SMILES string of the molecule is CCC(O)C(O)CCC(C)(C)C. The van der Waals surface area contributed by atoms with Gasteiger partial charge in [0, 0.05) is 0 Å². The molecule has 0 aromatic carbocycles. The molecule has 0 aliphatic heterocycles. The Bertz CT molecular complexity index is 115. The monoisotopic (exact) mass is 174 g/mol. The van der Waals surface area contributed by atoms with Crippen LogP contribution in [0.15, 0.2) is 0 Å². The molecule has 0 heterocycles. The first-order valence-corrected chi connectivity index (χ1v) is 4.73. The van der Waals surface area contributed by atoms with Crippen molar-refractivity contribution in [2.75, 3.05) is 0 Å². The summed E-state index contributed by atoms with van der Waals surface area (Å²) in [6.07, 6.45) is 1.18. The molecule has 0 fully saturated rings. The third kappa shape index (κ3) is 5.56. The zero-order chi connectivity index (χ0) is 9.78. The highest BCUT2D eigenvalue weighted by Gasteiger charge is 2.17. The molecule has 0 aliphatic carbocycles. The molecule has 2 heteroatoms. The van der Waals surface area contributed by atoms with Gasteiger partial charge in [-0.25, -0.2) is 0 Å². The van der Waals surface area contributed by atoms with Crippen LogP contribution in [0.1, 0.15) is 47.0 Å². The van der Waals surface area contributed by atoms with Gasteiger partial charge in [0.15, 0.2) is 0 Å². The Morgan fingerprint density at radius 3 is 1.92 bits per heavy atom. The molecule has 12 heavy (non-hydrogen) atoms. The van der Waals surface area contributed by atoms with Gasteiger partial charge in [-0.05, 0) is 24.7 Å². The summed E-state index contributed by atoms with van der Waals surface area (Å²) in [5.41, 5.74) is 0.244. The van der Waals surface area contributed by atoms with Crippen molar-refractivity contribution >= 4 is 0 Å². The first-order chi connectivity index (χ1) is 5.37. The predicted molar refractivity (Wildman–Crippen MR) is 51.0 cm³/mol. The lowest BCUT2D eigenvalue weighted by Gasteiger charge is -2.22. The van der Waals surface area contributed by atoms with Gasteiger partial charge in [-0.1, -0.05) is 27.7 Å². The molecule has 0 saturated carbocycles. The maximum absolute atomic E-state index is 9.43. The van der Waals surface area contributed by atoms with Gasteiger partial charge in [-0.15, -0.1) is 0 Å². The van der Waals surface area contributed by atoms with E-state index < -0.39 is 12.2 Å². The minimum Gasteiger partial charge on any atom is -0.390 e. The van der Waals surface area contributed by atoms with Crippen molar-refractivity contribution in [1.82, 2.24) is 0 Å². The highest BCUT2D eigenvalue weighted by molar-refractivity contribution is 4.70. The van der Waals surface area contributed by atoms with Gasteiger partial charge < -0.3 is 10.2 Å². The molecule has 74 valence electrons. The molecule has 2 unspecified atom stereocenters. The van der Waals surface area contributed by atoms with Crippen LogP contribution in [0.4, 0.5) is 0 Å². The minimum absolute atomic E-state index is 0.244.